The molecular weight excluding hydrogens is 784 g/mol. The molecule has 8 rings (SSSR count). The fraction of sp³-hybridized carbons (Fsp3) is 0.255. The third kappa shape index (κ3) is 10.6. The van der Waals surface area contributed by atoms with Crippen LogP contribution in [0.4, 0.5) is 0 Å². The van der Waals surface area contributed by atoms with Crippen molar-refractivity contribution in [3.8, 4) is 44.9 Å². The van der Waals surface area contributed by atoms with E-state index in [0.29, 0.717) is 13.2 Å². The van der Waals surface area contributed by atoms with Crippen molar-refractivity contribution in [2.45, 2.75) is 79.1 Å². The Morgan fingerprint density at radius 2 is 1.12 bits per heavy atom. The average molecular weight is 840 g/mol. The standard InChI is InChI=1S/C33H33.C17H18O2.C5H5.Zr/c1-32(2,3)30-20-26-24(18-28(30)22-13-9-7-10-14-22)17-25-19-29(23-15-11-8-12-16-23)31(21-27(25)26)33(4,5)6;1-3-18-16-9-5-14(6-10-16)13-15-7-11-17(12-8-15)19-4-2;1-2-4-5-3-1;/h7-16,18,20-21H,17H2,1-6H3;5-12H,3-4H2,1-2H3;1-3H,4H2;/q-1;;-1;+2. The van der Waals surface area contributed by atoms with Crippen LogP contribution in [0.1, 0.15) is 95.2 Å². The van der Waals surface area contributed by atoms with E-state index in [2.05, 4.69) is 163 Å². The monoisotopic (exact) mass is 838 g/mol. The van der Waals surface area contributed by atoms with E-state index in [1.54, 1.807) is 0 Å². The summed E-state index contributed by atoms with van der Waals surface area (Å²) in [6, 6.07) is 49.4. The Labute approximate surface area is 363 Å². The molecule has 0 bridgehead atoms. The molecule has 0 atom stereocenters. The van der Waals surface area contributed by atoms with Gasteiger partial charge in [0.2, 0.25) is 0 Å². The molecule has 0 unspecified atom stereocenters. The number of benzene rings is 6. The predicted molar refractivity (Wildman–Crippen MR) is 242 cm³/mol. The van der Waals surface area contributed by atoms with Gasteiger partial charge in [0.15, 0.2) is 0 Å². The Hall–Kier alpha value is -4.85. The molecule has 6 aromatic rings. The van der Waals surface area contributed by atoms with Crippen LogP contribution in [0.25, 0.3) is 33.4 Å². The van der Waals surface area contributed by atoms with Crippen LogP contribution in [0.3, 0.4) is 0 Å². The van der Waals surface area contributed by atoms with Gasteiger partial charge in [-0.1, -0.05) is 131 Å². The molecule has 0 saturated heterocycles. The molecule has 0 aromatic heterocycles. The van der Waals surface area contributed by atoms with Gasteiger partial charge in [-0.05, 0) is 39.5 Å². The van der Waals surface area contributed by atoms with E-state index in [4.69, 9.17) is 9.47 Å². The molecule has 0 saturated carbocycles. The molecule has 0 N–H and O–H groups in total. The minimum atomic E-state index is 0.0380. The fourth-order valence-corrected chi connectivity index (χ4v) is 8.20. The van der Waals surface area contributed by atoms with Crippen molar-refractivity contribution in [2.24, 2.45) is 0 Å². The maximum Gasteiger partial charge on any atom is -0.109 e. The van der Waals surface area contributed by atoms with E-state index < -0.39 is 0 Å². The number of ether oxygens (including phenoxy) is 2. The Morgan fingerprint density at radius 3 is 1.57 bits per heavy atom. The van der Waals surface area contributed by atoms with Gasteiger partial charge in [0.1, 0.15) is 0 Å². The molecule has 0 heterocycles. The molecular formula is C55H56O2Zr. The normalized spacial score (nSPS) is 12.4. The van der Waals surface area contributed by atoms with Gasteiger partial charge in [-0.3, -0.25) is 6.08 Å². The Kier molecular flexibility index (Phi) is 14.2. The zero-order chi connectivity index (χ0) is 41.3. The number of hydrogen-bond acceptors (Lipinski definition) is 2. The van der Waals surface area contributed by atoms with E-state index in [-0.39, 0.29) is 10.8 Å². The first-order valence-corrected chi connectivity index (χ1v) is 21.7. The summed E-state index contributed by atoms with van der Waals surface area (Å²) in [5, 5.41) is 0. The second-order valence-corrected chi connectivity index (χ2v) is 17.9. The van der Waals surface area contributed by atoms with Crippen LogP contribution in [0.15, 0.2) is 146 Å². The number of rotatable bonds is 8. The van der Waals surface area contributed by atoms with Gasteiger partial charge in [0.25, 0.3) is 0 Å². The molecule has 3 heteroatoms. The summed E-state index contributed by atoms with van der Waals surface area (Å²) in [5.41, 5.74) is 16.0. The second kappa shape index (κ2) is 19.3. The number of fused-ring (bicyclic) bond motifs is 3. The number of allylic oxidation sites excluding steroid dienone is 4. The average Bonchev–Trinajstić information content (AvgIpc) is 3.93. The zero-order valence-electron chi connectivity index (χ0n) is 35.5. The summed E-state index contributed by atoms with van der Waals surface area (Å²) in [6.07, 6.45) is 10.9. The molecule has 0 amide bonds. The summed E-state index contributed by atoms with van der Waals surface area (Å²) < 4.78 is 12.3. The molecule has 0 radical (unpaired) electrons. The van der Waals surface area contributed by atoms with Crippen molar-refractivity contribution in [3.63, 3.8) is 0 Å². The van der Waals surface area contributed by atoms with E-state index >= 15 is 0 Å². The van der Waals surface area contributed by atoms with Crippen LogP contribution in [-0.2, 0) is 41.5 Å². The fourth-order valence-electron chi connectivity index (χ4n) is 7.38. The molecule has 0 spiro atoms. The van der Waals surface area contributed by atoms with Crippen LogP contribution in [-0.4, -0.2) is 16.4 Å². The SMILES string of the molecule is CC(C)(C)c1cc2c([c-]c1-c1ccccc1)Cc1cc(-c3ccccc3)c(C(C)(C)C)cc1-2.CCOc1ccc([C](=[Zr+2])c2ccc(OCC)cc2)cc1.[C-]1=CC=CC1. The molecule has 2 aliphatic rings. The maximum atomic E-state index is 5.47. The minimum absolute atomic E-state index is 0.0380. The Morgan fingerprint density at radius 1 is 0.603 bits per heavy atom. The second-order valence-electron chi connectivity index (χ2n) is 16.7. The molecule has 58 heavy (non-hydrogen) atoms. The quantitative estimate of drug-likeness (QED) is 0.142. The topological polar surface area (TPSA) is 18.5 Å². The summed E-state index contributed by atoms with van der Waals surface area (Å²) in [7, 11) is 0. The third-order valence-electron chi connectivity index (χ3n) is 10.3. The number of hydrogen-bond donors (Lipinski definition) is 0. The zero-order valence-corrected chi connectivity index (χ0v) is 38.0. The minimum Gasteiger partial charge on any atom is -0.273 e. The van der Waals surface area contributed by atoms with Crippen molar-refractivity contribution in [1.82, 2.24) is 0 Å². The first-order valence-electron chi connectivity index (χ1n) is 20.5. The molecule has 2 aliphatic carbocycles. The molecule has 6 aromatic carbocycles. The van der Waals surface area contributed by atoms with Crippen LogP contribution in [0.2, 0.25) is 0 Å². The summed E-state index contributed by atoms with van der Waals surface area (Å²) in [6.45, 7) is 19.3. The summed E-state index contributed by atoms with van der Waals surface area (Å²) in [5.74, 6) is 1.85. The van der Waals surface area contributed by atoms with Crippen molar-refractivity contribution < 1.29 is 33.7 Å². The summed E-state index contributed by atoms with van der Waals surface area (Å²) in [4.78, 5) is 0. The van der Waals surface area contributed by atoms with Crippen LogP contribution < -0.4 is 9.47 Å². The summed E-state index contributed by atoms with van der Waals surface area (Å²) >= 11 is 1.40. The molecule has 0 fully saturated rings. The van der Waals surface area contributed by atoms with E-state index in [0.717, 1.165) is 24.3 Å². The maximum absolute atomic E-state index is 5.47. The predicted octanol–water partition coefficient (Wildman–Crippen LogP) is 13.9. The van der Waals surface area contributed by atoms with E-state index in [9.17, 15) is 0 Å². The molecule has 2 nitrogen and oxygen atoms in total. The third-order valence-corrected chi connectivity index (χ3v) is 11.7. The van der Waals surface area contributed by atoms with Gasteiger partial charge in [0, 0.05) is 0 Å². The molecule has 292 valence electrons. The van der Waals surface area contributed by atoms with Crippen molar-refractivity contribution in [3.05, 3.63) is 191 Å². The largest absolute Gasteiger partial charge is 0.273 e. The van der Waals surface area contributed by atoms with Crippen LogP contribution in [0, 0.1) is 12.1 Å². The van der Waals surface area contributed by atoms with E-state index in [1.165, 1.54) is 94.2 Å². The van der Waals surface area contributed by atoms with Crippen molar-refractivity contribution in [2.75, 3.05) is 13.2 Å². The van der Waals surface area contributed by atoms with Crippen molar-refractivity contribution >= 4 is 3.21 Å². The van der Waals surface area contributed by atoms with Gasteiger partial charge in [-0.15, -0.1) is 35.2 Å². The molecule has 0 aliphatic heterocycles. The van der Waals surface area contributed by atoms with Crippen LogP contribution in [0.5, 0.6) is 11.5 Å². The Balaban J connectivity index is 0.000000191. The first kappa shape index (κ1) is 42.8. The smallest absolute Gasteiger partial charge is 0.109 e. The van der Waals surface area contributed by atoms with Gasteiger partial charge in [-0.2, -0.15) is 6.08 Å². The van der Waals surface area contributed by atoms with Crippen molar-refractivity contribution in [1.29, 1.82) is 0 Å². The Bertz CT molecular complexity index is 2190. The van der Waals surface area contributed by atoms with Gasteiger partial charge in [0.05, 0.1) is 0 Å². The van der Waals surface area contributed by atoms with Gasteiger partial charge in [-0.25, -0.2) is 12.2 Å². The van der Waals surface area contributed by atoms with Crippen LogP contribution >= 0.6 is 0 Å². The van der Waals surface area contributed by atoms with Gasteiger partial charge >= 0.3 is 135 Å². The first-order chi connectivity index (χ1) is 27.9. The van der Waals surface area contributed by atoms with Gasteiger partial charge < -0.3 is 0 Å². The van der Waals surface area contributed by atoms with E-state index in [1.807, 2.05) is 50.3 Å².